The molecule has 3 aliphatic heterocycles. The van der Waals surface area contributed by atoms with Crippen LogP contribution < -0.4 is 35.5 Å². The van der Waals surface area contributed by atoms with Crippen molar-refractivity contribution in [3.05, 3.63) is 105 Å². The van der Waals surface area contributed by atoms with Crippen LogP contribution in [-0.4, -0.2) is 114 Å². The molecule has 370 valence electrons. The first-order valence-corrected chi connectivity index (χ1v) is 24.8. The van der Waals surface area contributed by atoms with Crippen molar-refractivity contribution >= 4 is 17.0 Å². The first-order valence-electron chi connectivity index (χ1n) is 24.8. The Morgan fingerprint density at radius 3 is 2.51 bits per heavy atom. The minimum absolute atomic E-state index is 0.0657. The van der Waals surface area contributed by atoms with Crippen LogP contribution in [0.1, 0.15) is 96.9 Å². The lowest BCUT2D eigenvalue weighted by Crippen LogP contribution is -2.62. The van der Waals surface area contributed by atoms with Gasteiger partial charge in [-0.3, -0.25) is 10.6 Å². The zero-order chi connectivity index (χ0) is 48.9. The number of aromatic amines is 1. The van der Waals surface area contributed by atoms with Gasteiger partial charge in [0.15, 0.2) is 17.6 Å². The number of H-pyrrole nitrogens is 1. The standard InChI is InChI=1S/C56H67N5O9/c1-31(2)23-55(3,66)28-59-29-61-48-8-6-7-36(26-62)68-47-21-34(10-15-46(47)65)54-56(48,67-30-58-5)24-43-40-22-42-49(33-9-14-44-32(19-33)17-18-60-44)35(25-57-4)20-41-45(64)16-13-38(50(41)42)51(40)53-39(52(43)70-54)12-11-37(27-63)69-53/h9-10,13-21,31,36-37,42,48-49,54,57-66H,7,11-12,22-30H2,1-5H3. The molecule has 5 aromatic rings. The van der Waals surface area contributed by atoms with E-state index in [1.165, 1.54) is 5.56 Å². The van der Waals surface area contributed by atoms with Gasteiger partial charge in [-0.2, -0.15) is 0 Å². The number of aromatic nitrogens is 1. The molecule has 10 rings (SSSR count). The summed E-state index contributed by atoms with van der Waals surface area (Å²) < 4.78 is 28.0. The van der Waals surface area contributed by atoms with Gasteiger partial charge in [0.05, 0.1) is 25.5 Å². The average molecular weight is 954 g/mol. The smallest absolute Gasteiger partial charge is 0.161 e. The number of phenols is 2. The number of hydrogen-bond acceptors (Lipinski definition) is 13. The van der Waals surface area contributed by atoms with E-state index in [4.69, 9.17) is 18.9 Å². The summed E-state index contributed by atoms with van der Waals surface area (Å²) in [5.41, 5.74) is 8.54. The molecule has 4 aromatic carbocycles. The zero-order valence-electron chi connectivity index (χ0n) is 40.7. The van der Waals surface area contributed by atoms with Gasteiger partial charge in [-0.05, 0) is 140 Å². The van der Waals surface area contributed by atoms with Gasteiger partial charge < -0.3 is 60.1 Å². The SMILES string of the molecule is CNCOC12Cc3c4c(c5c(c3OC1c1ccc(O)c(c1)OC(CO)CC#CC2NCNCC(C)(O)CC(C)C)CCC(CO)O5)-c1ccc(O)c2c1C(C4)C(c1ccc3[nH]ccc3c1)C(CNC)=C2. The number of hydrogen-bond donors (Lipinski definition) is 10. The molecule has 1 aromatic heterocycles. The largest absolute Gasteiger partial charge is 0.507 e. The maximum Gasteiger partial charge on any atom is 0.161 e. The predicted molar refractivity (Wildman–Crippen MR) is 269 cm³/mol. The van der Waals surface area contributed by atoms with E-state index in [0.29, 0.717) is 68.2 Å². The molecular formula is C56H67N5O9. The molecule has 5 aliphatic rings. The first-order chi connectivity index (χ1) is 33.9. The lowest BCUT2D eigenvalue weighted by atomic mass is 9.62. The van der Waals surface area contributed by atoms with Crippen LogP contribution in [0.25, 0.3) is 28.1 Å². The fourth-order valence-corrected chi connectivity index (χ4v) is 12.1. The molecule has 2 aliphatic carbocycles. The number of fused-ring (bicyclic) bond motifs is 12. The van der Waals surface area contributed by atoms with Crippen molar-refractivity contribution in [1.82, 2.24) is 26.3 Å². The summed E-state index contributed by atoms with van der Waals surface area (Å²) in [4.78, 5) is 3.36. The van der Waals surface area contributed by atoms with Gasteiger partial charge in [0, 0.05) is 72.5 Å². The number of phenolic OH excluding ortho intramolecular Hbond substituents is 2. The number of ether oxygens (including phenoxy) is 4. The van der Waals surface area contributed by atoms with Crippen LogP contribution in [0.15, 0.2) is 66.4 Å². The van der Waals surface area contributed by atoms with Crippen LogP contribution in [-0.2, 0) is 24.0 Å². The third-order valence-corrected chi connectivity index (χ3v) is 14.9. The van der Waals surface area contributed by atoms with Gasteiger partial charge in [-0.25, -0.2) is 0 Å². The second kappa shape index (κ2) is 19.5. The molecule has 70 heavy (non-hydrogen) atoms. The van der Waals surface area contributed by atoms with E-state index < -0.39 is 35.6 Å². The van der Waals surface area contributed by atoms with Crippen LogP contribution in [0.4, 0.5) is 0 Å². The Balaban J connectivity index is 1.20. The third kappa shape index (κ3) is 8.70. The topological polar surface area (TPSA) is 202 Å². The van der Waals surface area contributed by atoms with Crippen LogP contribution >= 0.6 is 0 Å². The highest BCUT2D eigenvalue weighted by atomic mass is 16.6. The average Bonchev–Trinajstić information content (AvgIpc) is 3.82. The lowest BCUT2D eigenvalue weighted by molar-refractivity contribution is -0.141. The second-order valence-electron chi connectivity index (χ2n) is 20.5. The van der Waals surface area contributed by atoms with Crippen molar-refractivity contribution in [2.75, 3.05) is 53.8 Å². The van der Waals surface area contributed by atoms with E-state index in [-0.39, 0.29) is 62.1 Å². The Hall–Kier alpha value is -5.60. The van der Waals surface area contributed by atoms with E-state index in [9.17, 15) is 25.5 Å². The highest BCUT2D eigenvalue weighted by Crippen LogP contribution is 2.62. The van der Waals surface area contributed by atoms with E-state index >= 15 is 0 Å². The highest BCUT2D eigenvalue weighted by molar-refractivity contribution is 5.90. The summed E-state index contributed by atoms with van der Waals surface area (Å²) >= 11 is 0. The summed E-state index contributed by atoms with van der Waals surface area (Å²) in [7, 11) is 3.79. The van der Waals surface area contributed by atoms with E-state index in [2.05, 4.69) is 82.3 Å². The van der Waals surface area contributed by atoms with Crippen molar-refractivity contribution in [3.63, 3.8) is 0 Å². The Morgan fingerprint density at radius 1 is 0.914 bits per heavy atom. The third-order valence-electron chi connectivity index (χ3n) is 14.9. The summed E-state index contributed by atoms with van der Waals surface area (Å²) in [6.45, 7) is 6.91. The summed E-state index contributed by atoms with van der Waals surface area (Å²) in [5.74, 6) is 8.70. The minimum atomic E-state index is -1.26. The van der Waals surface area contributed by atoms with Crippen LogP contribution in [0, 0.1) is 17.8 Å². The van der Waals surface area contributed by atoms with Gasteiger partial charge in [-0.15, -0.1) is 0 Å². The number of rotatable bonds is 15. The monoisotopic (exact) mass is 953 g/mol. The molecular weight excluding hydrogens is 887 g/mol. The molecule has 10 N–H and O–H groups in total. The lowest BCUT2D eigenvalue weighted by Gasteiger charge is -2.50. The molecule has 0 amide bonds. The molecule has 0 spiro atoms. The quantitative estimate of drug-likeness (QED) is 0.0332. The van der Waals surface area contributed by atoms with Gasteiger partial charge in [0.1, 0.15) is 41.1 Å². The van der Waals surface area contributed by atoms with E-state index in [1.54, 1.807) is 18.2 Å². The van der Waals surface area contributed by atoms with Gasteiger partial charge in [0.2, 0.25) is 0 Å². The number of aliphatic hydroxyl groups is 3. The maximum absolute atomic E-state index is 11.7. The zero-order valence-corrected chi connectivity index (χ0v) is 40.7. The van der Waals surface area contributed by atoms with Crippen LogP contribution in [0.2, 0.25) is 0 Å². The summed E-state index contributed by atoms with van der Waals surface area (Å²) in [5, 5.41) is 70.3. The van der Waals surface area contributed by atoms with Crippen molar-refractivity contribution in [3.8, 4) is 51.7 Å². The number of likely N-dealkylation sites (N-methyl/N-ethyl adjacent to an activating group) is 1. The predicted octanol–water partition coefficient (Wildman–Crippen LogP) is 6.03. The Bertz CT molecular complexity index is 2860. The number of aromatic hydroxyl groups is 2. The second-order valence-corrected chi connectivity index (χ2v) is 20.5. The Morgan fingerprint density at radius 2 is 1.73 bits per heavy atom. The number of aliphatic hydroxyl groups excluding tert-OH is 2. The van der Waals surface area contributed by atoms with Crippen molar-refractivity contribution < 1.29 is 44.5 Å². The number of benzene rings is 4. The molecule has 4 heterocycles. The molecule has 0 radical (unpaired) electrons. The van der Waals surface area contributed by atoms with Gasteiger partial charge in [-0.1, -0.05) is 43.9 Å². The first kappa shape index (κ1) is 48.0. The fraction of sp³-hybridized carbons (Fsp3) is 0.464. The molecule has 2 bridgehead atoms. The van der Waals surface area contributed by atoms with Crippen molar-refractivity contribution in [2.45, 2.75) is 107 Å². The summed E-state index contributed by atoms with van der Waals surface area (Å²) in [6, 6.07) is 17.0. The van der Waals surface area contributed by atoms with Crippen LogP contribution in [0.3, 0.4) is 0 Å². The van der Waals surface area contributed by atoms with Gasteiger partial charge >= 0.3 is 0 Å². The van der Waals surface area contributed by atoms with Gasteiger partial charge in [0.25, 0.3) is 0 Å². The normalized spacial score (nSPS) is 25.0. The molecule has 14 heteroatoms. The number of nitrogens with one attached hydrogen (secondary N) is 5. The van der Waals surface area contributed by atoms with E-state index in [1.807, 2.05) is 39.3 Å². The minimum Gasteiger partial charge on any atom is -0.507 e. The molecule has 0 fully saturated rings. The van der Waals surface area contributed by atoms with E-state index in [0.717, 1.165) is 55.4 Å². The van der Waals surface area contributed by atoms with Crippen molar-refractivity contribution in [2.24, 2.45) is 5.92 Å². The Labute approximate surface area is 409 Å². The Kier molecular flexibility index (Phi) is 13.4. The molecule has 14 nitrogen and oxygen atoms in total. The molecule has 8 unspecified atom stereocenters. The fourth-order valence-electron chi connectivity index (χ4n) is 12.1. The molecule has 0 saturated carbocycles. The maximum atomic E-state index is 11.7. The summed E-state index contributed by atoms with van der Waals surface area (Å²) in [6.07, 6.45) is 4.96. The molecule has 8 atom stereocenters. The highest BCUT2D eigenvalue weighted by Gasteiger charge is 2.55. The van der Waals surface area contributed by atoms with Crippen molar-refractivity contribution in [1.29, 1.82) is 0 Å². The molecule has 0 saturated heterocycles. The van der Waals surface area contributed by atoms with Crippen LogP contribution in [0.5, 0.6) is 28.7 Å².